The predicted molar refractivity (Wildman–Crippen MR) is 287 cm³/mol. The van der Waals surface area contributed by atoms with Gasteiger partial charge in [0.05, 0.1) is 0 Å². The Bertz CT molecular complexity index is 2050. The van der Waals surface area contributed by atoms with E-state index in [0.717, 1.165) is 16.7 Å². The fourth-order valence-electron chi connectivity index (χ4n) is 7.42. The van der Waals surface area contributed by atoms with Crippen LogP contribution in [-0.2, 0) is 86.5 Å². The molecule has 14 nitrogen and oxygen atoms in total. The molecule has 3 aromatic rings. The normalized spacial score (nSPS) is 11.9. The van der Waals surface area contributed by atoms with Gasteiger partial charge in [-0.2, -0.15) is 0 Å². The van der Waals surface area contributed by atoms with E-state index in [2.05, 4.69) is 0 Å². The Morgan fingerprint density at radius 2 is 0.640 bits per heavy atom. The number of unbranched alkanes of at least 4 members (excludes halogenated alkanes) is 6. The number of rotatable bonds is 28. The van der Waals surface area contributed by atoms with Gasteiger partial charge in [-0.3, -0.25) is 33.6 Å². The third kappa shape index (κ3) is 30.2. The minimum Gasteiger partial charge on any atom is -0.461 e. The molecule has 0 radical (unpaired) electrons. The van der Waals surface area contributed by atoms with E-state index >= 15 is 0 Å². The average molecular weight is 1050 g/mol. The smallest absolute Gasteiger partial charge is 0.324 e. The zero-order valence-corrected chi connectivity index (χ0v) is 47.2. The lowest BCUT2D eigenvalue weighted by Gasteiger charge is -2.35. The second-order valence-corrected chi connectivity index (χ2v) is 22.9. The van der Waals surface area contributed by atoms with Crippen LogP contribution in [0.5, 0.6) is 0 Å². The second kappa shape index (κ2) is 32.4. The van der Waals surface area contributed by atoms with Gasteiger partial charge >= 0.3 is 41.8 Å². The van der Waals surface area contributed by atoms with Crippen molar-refractivity contribution in [3.05, 3.63) is 108 Å². The summed E-state index contributed by atoms with van der Waals surface area (Å²) in [5, 5.41) is 0. The van der Waals surface area contributed by atoms with Gasteiger partial charge in [-0.05, 0) is 138 Å². The molecular weight excluding hydrogens is 957 g/mol. The van der Waals surface area contributed by atoms with Crippen LogP contribution >= 0.6 is 0 Å². The molecule has 416 valence electrons. The standard InChI is InChI=1S/C37H52O8.C24H36O6/c1-35(2,3)44-33(40)37(34(41)45-36(4,5)6,25-17-9-15-23-31(38)42-27-29-19-11-7-12-20-29)26-18-10-16-24-32(39)43-28-30-21-13-8-14-22-30;1-23(2,3)29-21(26)19(22(27)30-24(4,5)6)15-11-8-12-16-20(25)28-17-18-13-9-7-10-14-18/h7-8,11-14,19-22H,9-10,15-18,23-28H2,1-6H3;7,9-10,13-14,19H,8,11-12,15-17H2,1-6H3. The molecule has 0 atom stereocenters. The number of ether oxygens (including phenoxy) is 7. The van der Waals surface area contributed by atoms with Crippen LogP contribution in [0.25, 0.3) is 0 Å². The van der Waals surface area contributed by atoms with Crippen LogP contribution in [0, 0.1) is 11.3 Å². The van der Waals surface area contributed by atoms with Crippen molar-refractivity contribution < 1.29 is 66.7 Å². The fraction of sp³-hybridized carbons (Fsp3) is 0.590. The Morgan fingerprint density at radius 1 is 0.360 bits per heavy atom. The van der Waals surface area contributed by atoms with Crippen LogP contribution in [-0.4, -0.2) is 64.2 Å². The van der Waals surface area contributed by atoms with Crippen molar-refractivity contribution in [2.45, 2.75) is 222 Å². The minimum atomic E-state index is -1.50. The fourth-order valence-corrected chi connectivity index (χ4v) is 7.42. The lowest BCUT2D eigenvalue weighted by Crippen LogP contribution is -2.46. The summed E-state index contributed by atoms with van der Waals surface area (Å²) in [6.07, 6.45) is 6.95. The van der Waals surface area contributed by atoms with E-state index in [1.54, 1.807) is 83.1 Å². The van der Waals surface area contributed by atoms with Crippen LogP contribution < -0.4 is 0 Å². The van der Waals surface area contributed by atoms with Gasteiger partial charge in [0.1, 0.15) is 42.2 Å². The molecule has 0 N–H and O–H groups in total. The van der Waals surface area contributed by atoms with Gasteiger partial charge < -0.3 is 33.2 Å². The molecule has 0 spiro atoms. The van der Waals surface area contributed by atoms with Crippen molar-refractivity contribution in [3.63, 3.8) is 0 Å². The molecule has 0 amide bonds. The Kier molecular flexibility index (Phi) is 28.1. The molecule has 0 fully saturated rings. The first-order valence-corrected chi connectivity index (χ1v) is 26.6. The average Bonchev–Trinajstić information content (AvgIpc) is 3.31. The summed E-state index contributed by atoms with van der Waals surface area (Å²) in [6, 6.07) is 28.5. The van der Waals surface area contributed by atoms with Crippen LogP contribution in [0.15, 0.2) is 91.0 Å². The first kappa shape index (κ1) is 65.1. The third-order valence-corrected chi connectivity index (χ3v) is 11.0. The Hall–Kier alpha value is -6.05. The molecule has 0 saturated carbocycles. The molecule has 0 unspecified atom stereocenters. The number of esters is 7. The molecule has 14 heteroatoms. The highest BCUT2D eigenvalue weighted by Crippen LogP contribution is 2.38. The number of hydrogen-bond acceptors (Lipinski definition) is 14. The maximum Gasteiger partial charge on any atom is 0.324 e. The van der Waals surface area contributed by atoms with Gasteiger partial charge in [0.15, 0.2) is 11.3 Å². The Labute approximate surface area is 447 Å². The largest absolute Gasteiger partial charge is 0.461 e. The van der Waals surface area contributed by atoms with Crippen molar-refractivity contribution in [2.75, 3.05) is 0 Å². The molecule has 75 heavy (non-hydrogen) atoms. The Balaban J connectivity index is 0.000000557. The van der Waals surface area contributed by atoms with Crippen LogP contribution in [0.2, 0.25) is 0 Å². The van der Waals surface area contributed by atoms with E-state index in [9.17, 15) is 33.6 Å². The molecule has 3 rings (SSSR count). The first-order valence-electron chi connectivity index (χ1n) is 26.6. The van der Waals surface area contributed by atoms with E-state index in [1.165, 1.54) is 0 Å². The van der Waals surface area contributed by atoms with Gasteiger partial charge in [-0.15, -0.1) is 0 Å². The molecule has 0 heterocycles. The van der Waals surface area contributed by atoms with Gasteiger partial charge in [-0.25, -0.2) is 0 Å². The minimum absolute atomic E-state index is 0.227. The summed E-state index contributed by atoms with van der Waals surface area (Å²) in [5.74, 6) is -4.14. The molecule has 0 saturated heterocycles. The zero-order chi connectivity index (χ0) is 56.1. The second-order valence-electron chi connectivity index (χ2n) is 22.9. The lowest BCUT2D eigenvalue weighted by molar-refractivity contribution is -0.187. The zero-order valence-electron chi connectivity index (χ0n) is 47.2. The summed E-state index contributed by atoms with van der Waals surface area (Å²) < 4.78 is 38.4. The summed E-state index contributed by atoms with van der Waals surface area (Å²) in [5.41, 5.74) is -1.65. The van der Waals surface area contributed by atoms with E-state index in [1.807, 2.05) is 91.0 Å². The molecule has 0 aromatic heterocycles. The number of hydrogen-bond donors (Lipinski definition) is 0. The number of carbonyl (C=O) groups is 7. The topological polar surface area (TPSA) is 184 Å². The van der Waals surface area contributed by atoms with Crippen molar-refractivity contribution in [1.82, 2.24) is 0 Å². The molecule has 0 bridgehead atoms. The van der Waals surface area contributed by atoms with E-state index < -0.39 is 57.6 Å². The van der Waals surface area contributed by atoms with Gasteiger partial charge in [0.25, 0.3) is 0 Å². The van der Waals surface area contributed by atoms with Crippen molar-refractivity contribution in [3.8, 4) is 0 Å². The Morgan fingerprint density at radius 3 is 0.920 bits per heavy atom. The van der Waals surface area contributed by atoms with Crippen molar-refractivity contribution >= 4 is 41.8 Å². The molecule has 0 aliphatic heterocycles. The highest BCUT2D eigenvalue weighted by atomic mass is 16.6. The van der Waals surface area contributed by atoms with Crippen LogP contribution in [0.3, 0.4) is 0 Å². The van der Waals surface area contributed by atoms with Crippen molar-refractivity contribution in [2.24, 2.45) is 11.3 Å². The van der Waals surface area contributed by atoms with Gasteiger partial charge in [0.2, 0.25) is 0 Å². The maximum atomic E-state index is 13.7. The quantitative estimate of drug-likeness (QED) is 0.0289. The van der Waals surface area contributed by atoms with E-state index in [4.69, 9.17) is 33.2 Å². The summed E-state index contributed by atoms with van der Waals surface area (Å²) in [7, 11) is 0. The van der Waals surface area contributed by atoms with Crippen molar-refractivity contribution in [1.29, 1.82) is 0 Å². The number of benzene rings is 3. The number of carbonyl (C=O) groups excluding carboxylic acids is 7. The SMILES string of the molecule is CC(C)(C)OC(=O)C(CCCCCC(=O)OCc1ccccc1)(CCCCCC(=O)OCc1ccccc1)C(=O)OC(C)(C)C.CC(C)(C)OC(=O)C(CCCCCC(=O)OCc1ccccc1)C(=O)OC(C)(C)C. The molecular formula is C61H88O14. The highest BCUT2D eigenvalue weighted by molar-refractivity contribution is 6.00. The van der Waals surface area contributed by atoms with E-state index in [-0.39, 0.29) is 63.4 Å². The van der Waals surface area contributed by atoms with Crippen LogP contribution in [0.1, 0.15) is 196 Å². The molecule has 0 aliphatic rings. The first-order chi connectivity index (χ1) is 35.1. The summed E-state index contributed by atoms with van der Waals surface area (Å²) in [6.45, 7) is 21.9. The third-order valence-electron chi connectivity index (χ3n) is 11.0. The summed E-state index contributed by atoms with van der Waals surface area (Å²) in [4.78, 5) is 88.8. The molecule has 3 aromatic carbocycles. The van der Waals surface area contributed by atoms with Gasteiger partial charge in [-0.1, -0.05) is 130 Å². The predicted octanol–water partition coefficient (Wildman–Crippen LogP) is 13.0. The summed E-state index contributed by atoms with van der Waals surface area (Å²) >= 11 is 0. The monoisotopic (exact) mass is 1040 g/mol. The van der Waals surface area contributed by atoms with Crippen LogP contribution in [0.4, 0.5) is 0 Å². The van der Waals surface area contributed by atoms with Gasteiger partial charge in [0, 0.05) is 19.3 Å². The molecule has 0 aliphatic carbocycles. The lowest BCUT2D eigenvalue weighted by atomic mass is 9.77. The highest BCUT2D eigenvalue weighted by Gasteiger charge is 2.50. The van der Waals surface area contributed by atoms with E-state index in [0.29, 0.717) is 70.6 Å². The maximum absolute atomic E-state index is 13.7.